The number of pyridine rings is 1. The Balaban J connectivity index is 1.16. The highest BCUT2D eigenvalue weighted by Gasteiger charge is 2.21. The van der Waals surface area contributed by atoms with E-state index >= 15 is 0 Å². The first-order valence-electron chi connectivity index (χ1n) is 14.0. The van der Waals surface area contributed by atoms with E-state index in [1.54, 1.807) is 0 Å². The van der Waals surface area contributed by atoms with Gasteiger partial charge in [0.2, 0.25) is 0 Å². The summed E-state index contributed by atoms with van der Waals surface area (Å²) >= 11 is 0. The zero-order chi connectivity index (χ0) is 25.7. The van der Waals surface area contributed by atoms with Crippen LogP contribution < -0.4 is 4.74 Å². The van der Waals surface area contributed by atoms with E-state index in [2.05, 4.69) is 80.0 Å². The third-order valence-corrected chi connectivity index (χ3v) is 8.06. The van der Waals surface area contributed by atoms with Gasteiger partial charge < -0.3 is 14.0 Å². The molecule has 0 bridgehead atoms. The largest absolute Gasteiger partial charge is 0.492 e. The van der Waals surface area contributed by atoms with E-state index in [4.69, 9.17) is 9.47 Å². The average Bonchev–Trinajstić information content (AvgIpc) is 3.71. The molecule has 38 heavy (non-hydrogen) atoms. The third-order valence-electron chi connectivity index (χ3n) is 8.06. The van der Waals surface area contributed by atoms with Crippen LogP contribution in [0.25, 0.3) is 22.2 Å². The topological polar surface area (TPSA) is 42.8 Å². The molecule has 1 unspecified atom stereocenters. The number of nitrogens with zero attached hydrogens (tertiary/aromatic N) is 4. The van der Waals surface area contributed by atoms with Crippen molar-refractivity contribution in [2.24, 2.45) is 0 Å². The summed E-state index contributed by atoms with van der Waals surface area (Å²) in [6, 6.07) is 22.0. The molecule has 2 saturated heterocycles. The first-order valence-corrected chi connectivity index (χ1v) is 14.0. The zero-order valence-electron chi connectivity index (χ0n) is 22.4. The van der Waals surface area contributed by atoms with Gasteiger partial charge in [-0.3, -0.25) is 14.8 Å². The van der Waals surface area contributed by atoms with Gasteiger partial charge in [0.15, 0.2) is 0 Å². The number of aromatic nitrogens is 2. The van der Waals surface area contributed by atoms with Crippen molar-refractivity contribution in [3.63, 3.8) is 0 Å². The maximum atomic E-state index is 6.05. The van der Waals surface area contributed by atoms with Crippen LogP contribution in [-0.4, -0.2) is 71.9 Å². The fraction of sp³-hybridized carbons (Fsp3) is 0.406. The number of benzene rings is 2. The lowest BCUT2D eigenvalue weighted by atomic mass is 10.1. The fourth-order valence-electron chi connectivity index (χ4n) is 5.87. The van der Waals surface area contributed by atoms with Crippen LogP contribution in [0.15, 0.2) is 73.1 Å². The lowest BCUT2D eigenvalue weighted by molar-refractivity contribution is 0.107. The minimum absolute atomic E-state index is 0.375. The normalized spacial score (nSPS) is 18.5. The fourth-order valence-corrected chi connectivity index (χ4v) is 5.87. The molecule has 0 N–H and O–H groups in total. The van der Waals surface area contributed by atoms with Crippen LogP contribution in [0.5, 0.6) is 5.75 Å². The summed E-state index contributed by atoms with van der Waals surface area (Å²) in [6.07, 6.45) is 7.97. The summed E-state index contributed by atoms with van der Waals surface area (Å²) in [6.45, 7) is 8.08. The number of hydrogen-bond acceptors (Lipinski definition) is 5. The highest BCUT2D eigenvalue weighted by Crippen LogP contribution is 2.30. The standard InChI is InChI=1S/C32H38N4O2/c1-37-30-13-17-35(24-30)22-25-4-6-26(7-5-25)23-36-31-12-14-33-21-28(31)20-32(36)27-8-10-29(11-9-27)38-19-18-34-15-2-3-16-34/h4-12,14,20-21,30H,2-3,13,15-19,22-24H2,1H3. The minimum atomic E-state index is 0.375. The van der Waals surface area contributed by atoms with Crippen molar-refractivity contribution in [1.82, 2.24) is 19.4 Å². The van der Waals surface area contributed by atoms with Gasteiger partial charge >= 0.3 is 0 Å². The molecule has 0 saturated carbocycles. The molecule has 2 aliphatic heterocycles. The van der Waals surface area contributed by atoms with Crippen LogP contribution >= 0.6 is 0 Å². The molecule has 0 aliphatic carbocycles. The van der Waals surface area contributed by atoms with Gasteiger partial charge in [-0.2, -0.15) is 0 Å². The molecular weight excluding hydrogens is 472 g/mol. The highest BCUT2D eigenvalue weighted by atomic mass is 16.5. The number of rotatable bonds is 10. The van der Waals surface area contributed by atoms with Crippen LogP contribution in [0, 0.1) is 0 Å². The van der Waals surface area contributed by atoms with E-state index in [0.29, 0.717) is 6.10 Å². The third kappa shape index (κ3) is 5.78. The van der Waals surface area contributed by atoms with Crippen molar-refractivity contribution in [3.8, 4) is 17.0 Å². The van der Waals surface area contributed by atoms with Crippen molar-refractivity contribution in [2.75, 3.05) is 46.4 Å². The smallest absolute Gasteiger partial charge is 0.119 e. The first-order chi connectivity index (χ1) is 18.7. The van der Waals surface area contributed by atoms with Gasteiger partial charge in [0.05, 0.1) is 11.6 Å². The molecule has 2 aromatic heterocycles. The van der Waals surface area contributed by atoms with Crippen molar-refractivity contribution in [1.29, 1.82) is 0 Å². The SMILES string of the molecule is COC1CCN(Cc2ccc(Cn3c(-c4ccc(OCCN5CCCC5)cc4)cc4cnccc43)cc2)C1. The van der Waals surface area contributed by atoms with Crippen molar-refractivity contribution in [3.05, 3.63) is 84.2 Å². The summed E-state index contributed by atoms with van der Waals surface area (Å²) in [4.78, 5) is 9.33. The van der Waals surface area contributed by atoms with Crippen LogP contribution in [0.1, 0.15) is 30.4 Å². The second-order valence-electron chi connectivity index (χ2n) is 10.7. The molecule has 6 rings (SSSR count). The molecule has 0 spiro atoms. The number of methoxy groups -OCH3 is 1. The Morgan fingerprint density at radius 2 is 1.63 bits per heavy atom. The van der Waals surface area contributed by atoms with Gasteiger partial charge in [0, 0.05) is 63.3 Å². The number of ether oxygens (including phenoxy) is 2. The Morgan fingerprint density at radius 3 is 2.37 bits per heavy atom. The van der Waals surface area contributed by atoms with Crippen LogP contribution in [0.3, 0.4) is 0 Å². The van der Waals surface area contributed by atoms with Crippen LogP contribution in [0.2, 0.25) is 0 Å². The number of likely N-dealkylation sites (tertiary alicyclic amines) is 2. The van der Waals surface area contributed by atoms with Crippen LogP contribution in [-0.2, 0) is 17.8 Å². The van der Waals surface area contributed by atoms with Crippen molar-refractivity contribution >= 4 is 10.9 Å². The molecule has 6 heteroatoms. The maximum absolute atomic E-state index is 6.05. The number of fused-ring (bicyclic) bond motifs is 1. The molecule has 1 atom stereocenters. The molecule has 6 nitrogen and oxygen atoms in total. The lowest BCUT2D eigenvalue weighted by Gasteiger charge is -2.16. The van der Waals surface area contributed by atoms with Crippen molar-refractivity contribution < 1.29 is 9.47 Å². The molecule has 4 heterocycles. The quantitative estimate of drug-likeness (QED) is 0.284. The Labute approximate surface area is 225 Å². The molecular formula is C32H38N4O2. The highest BCUT2D eigenvalue weighted by molar-refractivity contribution is 5.86. The van der Waals surface area contributed by atoms with Gasteiger partial charge in [-0.25, -0.2) is 0 Å². The monoisotopic (exact) mass is 510 g/mol. The van der Waals surface area contributed by atoms with E-state index in [1.165, 1.54) is 53.8 Å². The van der Waals surface area contributed by atoms with Gasteiger partial charge in [-0.1, -0.05) is 24.3 Å². The molecule has 0 amide bonds. The van der Waals surface area contributed by atoms with Gasteiger partial charge in [-0.15, -0.1) is 0 Å². The van der Waals surface area contributed by atoms with Crippen LogP contribution in [0.4, 0.5) is 0 Å². The zero-order valence-corrected chi connectivity index (χ0v) is 22.4. The maximum Gasteiger partial charge on any atom is 0.119 e. The molecule has 2 fully saturated rings. The van der Waals surface area contributed by atoms with E-state index in [9.17, 15) is 0 Å². The van der Waals surface area contributed by atoms with E-state index < -0.39 is 0 Å². The van der Waals surface area contributed by atoms with E-state index in [0.717, 1.165) is 56.9 Å². The number of hydrogen-bond donors (Lipinski definition) is 0. The summed E-state index contributed by atoms with van der Waals surface area (Å²) in [5.41, 5.74) is 6.23. The second kappa shape index (κ2) is 11.7. The molecule has 2 aliphatic rings. The second-order valence-corrected chi connectivity index (χ2v) is 10.7. The Hall–Kier alpha value is -3.19. The molecule has 198 valence electrons. The molecule has 0 radical (unpaired) electrons. The van der Waals surface area contributed by atoms with Gasteiger partial charge in [0.1, 0.15) is 12.4 Å². The van der Waals surface area contributed by atoms with E-state index in [-0.39, 0.29) is 0 Å². The summed E-state index contributed by atoms with van der Waals surface area (Å²) in [5, 5.41) is 1.16. The Kier molecular flexibility index (Phi) is 7.72. The van der Waals surface area contributed by atoms with Gasteiger partial charge in [-0.05, 0) is 85.4 Å². The Bertz CT molecular complexity index is 1330. The van der Waals surface area contributed by atoms with Crippen molar-refractivity contribution in [2.45, 2.75) is 38.5 Å². The Morgan fingerprint density at radius 1 is 0.868 bits per heavy atom. The summed E-state index contributed by atoms with van der Waals surface area (Å²) in [5.74, 6) is 0.933. The molecule has 2 aromatic carbocycles. The first kappa shape index (κ1) is 25.1. The predicted molar refractivity (Wildman–Crippen MR) is 153 cm³/mol. The predicted octanol–water partition coefficient (Wildman–Crippen LogP) is 5.45. The average molecular weight is 511 g/mol. The molecule has 4 aromatic rings. The summed E-state index contributed by atoms with van der Waals surface area (Å²) in [7, 11) is 1.82. The van der Waals surface area contributed by atoms with Gasteiger partial charge in [0.25, 0.3) is 0 Å². The minimum Gasteiger partial charge on any atom is -0.492 e. The van der Waals surface area contributed by atoms with E-state index in [1.807, 2.05) is 19.5 Å². The lowest BCUT2D eigenvalue weighted by Crippen LogP contribution is -2.25. The summed E-state index contributed by atoms with van der Waals surface area (Å²) < 4.78 is 14.0.